The van der Waals surface area contributed by atoms with Crippen molar-refractivity contribution >= 4 is 16.9 Å². The molecule has 2 rings (SSSR count). The van der Waals surface area contributed by atoms with Gasteiger partial charge in [0.05, 0.1) is 17.6 Å². The van der Waals surface area contributed by atoms with Gasteiger partial charge in [0.15, 0.2) is 0 Å². The fraction of sp³-hybridized carbons (Fsp3) is 0.357. The summed E-state index contributed by atoms with van der Waals surface area (Å²) in [6.07, 6.45) is 0. The zero-order valence-corrected chi connectivity index (χ0v) is 11.8. The van der Waals surface area contributed by atoms with Crippen LogP contribution in [0.3, 0.4) is 0 Å². The average molecular weight is 275 g/mol. The molecule has 0 radical (unpaired) electrons. The van der Waals surface area contributed by atoms with Crippen LogP contribution in [0.1, 0.15) is 29.9 Å². The molecule has 1 N–H and O–H groups in total. The van der Waals surface area contributed by atoms with Gasteiger partial charge in [-0.05, 0) is 39.0 Å². The highest BCUT2D eigenvalue weighted by Gasteiger charge is 2.11. The molecule has 0 saturated heterocycles. The number of aryl methyl sites for hydroxylation is 2. The second-order valence-electron chi connectivity index (χ2n) is 4.31. The van der Waals surface area contributed by atoms with Crippen molar-refractivity contribution in [1.82, 2.24) is 15.0 Å². The first kappa shape index (κ1) is 14.2. The second kappa shape index (κ2) is 5.83. The van der Waals surface area contributed by atoms with Gasteiger partial charge >= 0.3 is 0 Å². The molecule has 0 aliphatic rings. The van der Waals surface area contributed by atoms with Crippen LogP contribution in [-0.4, -0.2) is 22.1 Å². The van der Waals surface area contributed by atoms with Crippen molar-refractivity contribution in [2.45, 2.75) is 27.3 Å². The number of fused-ring (bicyclic) bond motifs is 1. The lowest BCUT2D eigenvalue weighted by atomic mass is 10.1. The van der Waals surface area contributed by atoms with E-state index in [1.165, 1.54) is 0 Å². The van der Waals surface area contributed by atoms with Crippen LogP contribution in [0.2, 0.25) is 0 Å². The Morgan fingerprint density at radius 2 is 2.15 bits per heavy atom. The molecule has 6 heteroatoms. The lowest BCUT2D eigenvalue weighted by molar-refractivity contribution is 0.0364. The smallest absolute Gasteiger partial charge is 0.274 e. The van der Waals surface area contributed by atoms with Gasteiger partial charge in [-0.25, -0.2) is 10.5 Å². The molecule has 1 aromatic heterocycles. The molecule has 0 saturated carbocycles. The molecule has 0 fully saturated rings. The van der Waals surface area contributed by atoms with Gasteiger partial charge < -0.3 is 4.57 Å². The van der Waals surface area contributed by atoms with Crippen LogP contribution < -0.4 is 11.0 Å². The van der Waals surface area contributed by atoms with E-state index in [1.54, 1.807) is 36.6 Å². The topological polar surface area (TPSA) is 73.2 Å². The average Bonchev–Trinajstić information content (AvgIpc) is 2.45. The van der Waals surface area contributed by atoms with Crippen molar-refractivity contribution in [3.63, 3.8) is 0 Å². The Kier molecular flexibility index (Phi) is 4.14. The molecular formula is C14H17N3O3. The van der Waals surface area contributed by atoms with E-state index in [1.807, 2.05) is 6.92 Å². The van der Waals surface area contributed by atoms with Crippen LogP contribution in [-0.2, 0) is 11.4 Å². The summed E-state index contributed by atoms with van der Waals surface area (Å²) in [6.45, 7) is 6.30. The monoisotopic (exact) mass is 275 g/mol. The van der Waals surface area contributed by atoms with Crippen molar-refractivity contribution in [2.75, 3.05) is 6.61 Å². The van der Waals surface area contributed by atoms with E-state index in [0.29, 0.717) is 29.9 Å². The minimum Gasteiger partial charge on any atom is -0.305 e. The van der Waals surface area contributed by atoms with Gasteiger partial charge in [0.1, 0.15) is 5.69 Å². The number of hydroxylamine groups is 1. The molecule has 0 spiro atoms. The van der Waals surface area contributed by atoms with E-state index in [9.17, 15) is 9.59 Å². The van der Waals surface area contributed by atoms with Gasteiger partial charge in [-0.2, -0.15) is 0 Å². The second-order valence-corrected chi connectivity index (χ2v) is 4.31. The van der Waals surface area contributed by atoms with Crippen molar-refractivity contribution < 1.29 is 9.63 Å². The maximum Gasteiger partial charge on any atom is 0.274 e. The Balaban J connectivity index is 2.52. The SMILES string of the molecule is CCONC(=O)c1ccc2c(c1)nc(C)c(=O)n2CC. The highest BCUT2D eigenvalue weighted by molar-refractivity contribution is 5.96. The number of carbonyl (C=O) groups excluding carboxylic acids is 1. The van der Waals surface area contributed by atoms with E-state index in [0.717, 1.165) is 5.52 Å². The lowest BCUT2D eigenvalue weighted by Crippen LogP contribution is -2.25. The van der Waals surface area contributed by atoms with Crippen LogP contribution in [0.25, 0.3) is 11.0 Å². The number of nitrogens with one attached hydrogen (secondary N) is 1. The molecule has 0 aliphatic carbocycles. The van der Waals surface area contributed by atoms with Crippen molar-refractivity contribution in [3.8, 4) is 0 Å². The van der Waals surface area contributed by atoms with E-state index < -0.39 is 0 Å². The summed E-state index contributed by atoms with van der Waals surface area (Å²) < 4.78 is 1.64. The third kappa shape index (κ3) is 2.55. The predicted octanol–water partition coefficient (Wildman–Crippen LogP) is 1.41. The molecule has 2 aromatic rings. The minimum absolute atomic E-state index is 0.105. The molecule has 1 heterocycles. The standard InChI is InChI=1S/C14H17N3O3/c1-4-17-12-7-6-10(13(18)16-20-5-2)8-11(12)15-9(3)14(17)19/h6-8H,4-5H2,1-3H3,(H,16,18). The fourth-order valence-corrected chi connectivity index (χ4v) is 2.03. The number of carbonyl (C=O) groups is 1. The summed E-state index contributed by atoms with van der Waals surface area (Å²) in [6, 6.07) is 5.04. The number of rotatable bonds is 4. The normalized spacial score (nSPS) is 10.8. The van der Waals surface area contributed by atoms with E-state index in [2.05, 4.69) is 10.5 Å². The molecule has 1 aromatic carbocycles. The van der Waals surface area contributed by atoms with Crippen molar-refractivity contribution in [1.29, 1.82) is 0 Å². The first-order valence-electron chi connectivity index (χ1n) is 6.51. The molecule has 1 amide bonds. The van der Waals surface area contributed by atoms with Gasteiger partial charge in [-0.15, -0.1) is 0 Å². The molecule has 0 aliphatic heterocycles. The van der Waals surface area contributed by atoms with Crippen LogP contribution in [0.5, 0.6) is 0 Å². The summed E-state index contributed by atoms with van der Waals surface area (Å²) in [7, 11) is 0. The van der Waals surface area contributed by atoms with Crippen LogP contribution >= 0.6 is 0 Å². The molecule has 106 valence electrons. The molecule has 20 heavy (non-hydrogen) atoms. The van der Waals surface area contributed by atoms with Crippen LogP contribution in [0, 0.1) is 6.92 Å². The third-order valence-electron chi connectivity index (χ3n) is 3.00. The molecule has 6 nitrogen and oxygen atoms in total. The number of amides is 1. The van der Waals surface area contributed by atoms with Crippen LogP contribution in [0.15, 0.2) is 23.0 Å². The summed E-state index contributed by atoms with van der Waals surface area (Å²) >= 11 is 0. The number of hydrogen-bond acceptors (Lipinski definition) is 4. The fourth-order valence-electron chi connectivity index (χ4n) is 2.03. The van der Waals surface area contributed by atoms with E-state index in [4.69, 9.17) is 4.84 Å². The van der Waals surface area contributed by atoms with Gasteiger partial charge in [-0.3, -0.25) is 14.4 Å². The quantitative estimate of drug-likeness (QED) is 0.856. The summed E-state index contributed by atoms with van der Waals surface area (Å²) in [5, 5.41) is 0. The Morgan fingerprint density at radius 3 is 2.80 bits per heavy atom. The Morgan fingerprint density at radius 1 is 1.40 bits per heavy atom. The summed E-state index contributed by atoms with van der Waals surface area (Å²) in [5.41, 5.74) is 4.43. The molecular weight excluding hydrogens is 258 g/mol. The third-order valence-corrected chi connectivity index (χ3v) is 3.00. The highest BCUT2D eigenvalue weighted by atomic mass is 16.6. The van der Waals surface area contributed by atoms with Gasteiger partial charge in [0, 0.05) is 12.1 Å². The Hall–Kier alpha value is -2.21. The number of benzene rings is 1. The van der Waals surface area contributed by atoms with E-state index >= 15 is 0 Å². The highest BCUT2D eigenvalue weighted by Crippen LogP contribution is 2.13. The molecule has 0 unspecified atom stereocenters. The van der Waals surface area contributed by atoms with Crippen LogP contribution in [0.4, 0.5) is 0 Å². The largest absolute Gasteiger partial charge is 0.305 e. The maximum absolute atomic E-state index is 12.0. The van der Waals surface area contributed by atoms with Gasteiger partial charge in [0.25, 0.3) is 11.5 Å². The molecule has 0 atom stereocenters. The predicted molar refractivity (Wildman–Crippen MR) is 75.5 cm³/mol. The first-order chi connectivity index (χ1) is 9.58. The zero-order valence-electron chi connectivity index (χ0n) is 11.8. The first-order valence-corrected chi connectivity index (χ1v) is 6.51. The maximum atomic E-state index is 12.0. The van der Waals surface area contributed by atoms with E-state index in [-0.39, 0.29) is 11.5 Å². The van der Waals surface area contributed by atoms with Gasteiger partial charge in [0.2, 0.25) is 0 Å². The Bertz CT molecular complexity index is 707. The minimum atomic E-state index is -0.331. The number of hydrogen-bond donors (Lipinski definition) is 1. The number of nitrogens with zero attached hydrogens (tertiary/aromatic N) is 2. The molecule has 0 bridgehead atoms. The van der Waals surface area contributed by atoms with Crippen molar-refractivity contribution in [2.24, 2.45) is 0 Å². The Labute approximate surface area is 116 Å². The summed E-state index contributed by atoms with van der Waals surface area (Å²) in [5.74, 6) is -0.331. The zero-order chi connectivity index (χ0) is 14.7. The summed E-state index contributed by atoms with van der Waals surface area (Å²) in [4.78, 5) is 32.9. The van der Waals surface area contributed by atoms with Crippen molar-refractivity contribution in [3.05, 3.63) is 39.8 Å². The van der Waals surface area contributed by atoms with Gasteiger partial charge in [-0.1, -0.05) is 0 Å². The lowest BCUT2D eigenvalue weighted by Gasteiger charge is -2.10. The number of aromatic nitrogens is 2.